The van der Waals surface area contributed by atoms with E-state index in [0.29, 0.717) is 25.2 Å². The van der Waals surface area contributed by atoms with Crippen LogP contribution < -0.4 is 9.64 Å². The Morgan fingerprint density at radius 1 is 1.29 bits per heavy atom. The molecule has 0 unspecified atom stereocenters. The normalized spacial score (nSPS) is 18.2. The van der Waals surface area contributed by atoms with Gasteiger partial charge in [0.25, 0.3) is 0 Å². The average molecular weight is 392 g/mol. The van der Waals surface area contributed by atoms with E-state index in [1.165, 1.54) is 6.20 Å². The maximum atomic E-state index is 12.9. The Morgan fingerprint density at radius 2 is 2.00 bits per heavy atom. The van der Waals surface area contributed by atoms with E-state index < -0.39 is 11.9 Å². The first-order valence-corrected chi connectivity index (χ1v) is 9.26. The third-order valence-corrected chi connectivity index (χ3v) is 4.89. The molecule has 0 aliphatic carbocycles. The standard InChI is InChI=1S/C21H23F3N2O2/c1-14(11-15(2)27)16-3-5-18(6-4-16)28-19-8-10-26(13-19)17-7-9-25-20(12-17)21(22,23)24/h3-7,9,12,14,19H,8,10-11,13H2,1-2H3/t14-,19-/m1/s1. The van der Waals surface area contributed by atoms with Crippen LogP contribution >= 0.6 is 0 Å². The molecule has 1 aromatic heterocycles. The van der Waals surface area contributed by atoms with Crippen molar-refractivity contribution < 1.29 is 22.7 Å². The highest BCUT2D eigenvalue weighted by atomic mass is 19.4. The number of nitrogens with zero attached hydrogens (tertiary/aromatic N) is 2. The number of carbonyl (C=O) groups is 1. The van der Waals surface area contributed by atoms with Crippen molar-refractivity contribution in [2.24, 2.45) is 0 Å². The number of alkyl halides is 3. The molecule has 0 spiro atoms. The summed E-state index contributed by atoms with van der Waals surface area (Å²) in [6.45, 7) is 4.74. The third kappa shape index (κ3) is 5.03. The molecular formula is C21H23F3N2O2. The molecule has 0 bridgehead atoms. The summed E-state index contributed by atoms with van der Waals surface area (Å²) in [6.07, 6.45) is -2.13. The van der Waals surface area contributed by atoms with Crippen LogP contribution in [-0.4, -0.2) is 30.0 Å². The SMILES string of the molecule is CC(=O)C[C@@H](C)c1ccc(O[C@@H]2CCN(c3ccnc(C(F)(F)F)c3)C2)cc1. The lowest BCUT2D eigenvalue weighted by Crippen LogP contribution is -2.25. The van der Waals surface area contributed by atoms with Crippen LogP contribution in [0.2, 0.25) is 0 Å². The van der Waals surface area contributed by atoms with Gasteiger partial charge in [-0.05, 0) is 42.7 Å². The molecule has 2 aromatic rings. The molecule has 4 nitrogen and oxygen atoms in total. The van der Waals surface area contributed by atoms with Gasteiger partial charge >= 0.3 is 6.18 Å². The third-order valence-electron chi connectivity index (χ3n) is 4.89. The second-order valence-corrected chi connectivity index (χ2v) is 7.25. The number of halogens is 3. The summed E-state index contributed by atoms with van der Waals surface area (Å²) in [6, 6.07) is 10.3. The monoisotopic (exact) mass is 392 g/mol. The Hall–Kier alpha value is -2.57. The number of hydrogen-bond donors (Lipinski definition) is 0. The summed E-state index contributed by atoms with van der Waals surface area (Å²) in [7, 11) is 0. The number of carbonyl (C=O) groups excluding carboxylic acids is 1. The van der Waals surface area contributed by atoms with Crippen molar-refractivity contribution in [1.29, 1.82) is 0 Å². The van der Waals surface area contributed by atoms with Crippen molar-refractivity contribution in [1.82, 2.24) is 4.98 Å². The van der Waals surface area contributed by atoms with Crippen LogP contribution in [-0.2, 0) is 11.0 Å². The highest BCUT2D eigenvalue weighted by Gasteiger charge is 2.33. The molecule has 1 aliphatic heterocycles. The number of rotatable bonds is 6. The largest absolute Gasteiger partial charge is 0.489 e. The molecule has 3 rings (SSSR count). The fourth-order valence-electron chi connectivity index (χ4n) is 3.45. The molecule has 1 aromatic carbocycles. The zero-order valence-corrected chi connectivity index (χ0v) is 15.9. The van der Waals surface area contributed by atoms with Crippen LogP contribution in [0, 0.1) is 0 Å². The van der Waals surface area contributed by atoms with E-state index in [1.54, 1.807) is 13.0 Å². The number of Topliss-reactive ketones (excluding diaryl/α,β-unsaturated/α-hetero) is 1. The number of ether oxygens (including phenoxy) is 1. The number of anilines is 1. The van der Waals surface area contributed by atoms with Crippen LogP contribution in [0.25, 0.3) is 0 Å². The molecule has 2 heterocycles. The summed E-state index contributed by atoms with van der Waals surface area (Å²) < 4.78 is 44.6. The van der Waals surface area contributed by atoms with Gasteiger partial charge in [0.1, 0.15) is 23.3 Å². The Bertz CT molecular complexity index is 821. The molecule has 0 radical (unpaired) electrons. The Balaban J connectivity index is 1.60. The smallest absolute Gasteiger partial charge is 0.433 e. The molecule has 150 valence electrons. The molecular weight excluding hydrogens is 369 g/mol. The van der Waals surface area contributed by atoms with Gasteiger partial charge in [0.15, 0.2) is 0 Å². The second-order valence-electron chi connectivity index (χ2n) is 7.25. The van der Waals surface area contributed by atoms with Gasteiger partial charge in [-0.15, -0.1) is 0 Å². The van der Waals surface area contributed by atoms with Gasteiger partial charge in [-0.3, -0.25) is 4.98 Å². The quantitative estimate of drug-likeness (QED) is 0.706. The lowest BCUT2D eigenvalue weighted by molar-refractivity contribution is -0.141. The number of hydrogen-bond acceptors (Lipinski definition) is 4. The minimum atomic E-state index is -4.45. The summed E-state index contributed by atoms with van der Waals surface area (Å²) in [5.41, 5.74) is 0.693. The predicted octanol–water partition coefficient (Wildman–Crippen LogP) is 4.84. The molecule has 1 saturated heterocycles. The minimum Gasteiger partial charge on any atom is -0.489 e. The topological polar surface area (TPSA) is 42.4 Å². The first kappa shape index (κ1) is 20.2. The van der Waals surface area contributed by atoms with Crippen molar-refractivity contribution in [3.63, 3.8) is 0 Å². The molecule has 7 heteroatoms. The molecule has 0 saturated carbocycles. The molecule has 1 fully saturated rings. The van der Waals surface area contributed by atoms with Gasteiger partial charge < -0.3 is 14.4 Å². The maximum Gasteiger partial charge on any atom is 0.433 e. The Kier molecular flexibility index (Phi) is 5.91. The minimum absolute atomic E-state index is 0.0944. The van der Waals surface area contributed by atoms with E-state index in [0.717, 1.165) is 23.8 Å². The molecule has 2 atom stereocenters. The van der Waals surface area contributed by atoms with Gasteiger partial charge in [0.05, 0.1) is 6.54 Å². The van der Waals surface area contributed by atoms with Gasteiger partial charge in [-0.1, -0.05) is 19.1 Å². The number of aromatic nitrogens is 1. The van der Waals surface area contributed by atoms with E-state index >= 15 is 0 Å². The first-order chi connectivity index (χ1) is 13.2. The first-order valence-electron chi connectivity index (χ1n) is 9.26. The predicted molar refractivity (Wildman–Crippen MR) is 101 cm³/mol. The van der Waals surface area contributed by atoms with Crippen molar-refractivity contribution in [2.45, 2.75) is 44.9 Å². The van der Waals surface area contributed by atoms with E-state index in [-0.39, 0.29) is 17.8 Å². The van der Waals surface area contributed by atoms with E-state index in [9.17, 15) is 18.0 Å². The summed E-state index contributed by atoms with van der Waals surface area (Å²) in [5.74, 6) is 1.03. The molecule has 0 amide bonds. The summed E-state index contributed by atoms with van der Waals surface area (Å²) in [4.78, 5) is 16.5. The Morgan fingerprint density at radius 3 is 2.64 bits per heavy atom. The zero-order valence-electron chi connectivity index (χ0n) is 15.9. The van der Waals surface area contributed by atoms with Crippen LogP contribution in [0.3, 0.4) is 0 Å². The van der Waals surface area contributed by atoms with Crippen LogP contribution in [0.4, 0.5) is 18.9 Å². The highest BCUT2D eigenvalue weighted by molar-refractivity contribution is 5.76. The lowest BCUT2D eigenvalue weighted by atomic mass is 9.96. The fraction of sp³-hybridized carbons (Fsp3) is 0.429. The highest BCUT2D eigenvalue weighted by Crippen LogP contribution is 2.31. The second kappa shape index (κ2) is 8.20. The van der Waals surface area contributed by atoms with E-state index in [4.69, 9.17) is 4.74 Å². The zero-order chi connectivity index (χ0) is 20.3. The lowest BCUT2D eigenvalue weighted by Gasteiger charge is -2.20. The van der Waals surface area contributed by atoms with Crippen molar-refractivity contribution >= 4 is 11.5 Å². The molecule has 1 aliphatic rings. The number of benzene rings is 1. The average Bonchev–Trinajstić information content (AvgIpc) is 3.10. The van der Waals surface area contributed by atoms with Gasteiger partial charge in [0, 0.05) is 31.3 Å². The van der Waals surface area contributed by atoms with Gasteiger partial charge in [0.2, 0.25) is 0 Å². The van der Waals surface area contributed by atoms with Gasteiger partial charge in [-0.2, -0.15) is 13.2 Å². The van der Waals surface area contributed by atoms with Crippen molar-refractivity contribution in [2.75, 3.05) is 18.0 Å². The summed E-state index contributed by atoms with van der Waals surface area (Å²) in [5, 5.41) is 0. The van der Waals surface area contributed by atoms with Gasteiger partial charge in [-0.25, -0.2) is 0 Å². The summed E-state index contributed by atoms with van der Waals surface area (Å²) >= 11 is 0. The van der Waals surface area contributed by atoms with Crippen molar-refractivity contribution in [3.05, 3.63) is 53.9 Å². The fourth-order valence-corrected chi connectivity index (χ4v) is 3.45. The van der Waals surface area contributed by atoms with Crippen LogP contribution in [0.15, 0.2) is 42.6 Å². The van der Waals surface area contributed by atoms with Crippen LogP contribution in [0.5, 0.6) is 5.75 Å². The van der Waals surface area contributed by atoms with E-state index in [2.05, 4.69) is 4.98 Å². The molecule has 28 heavy (non-hydrogen) atoms. The van der Waals surface area contributed by atoms with Crippen LogP contribution in [0.1, 0.15) is 43.9 Å². The molecule has 0 N–H and O–H groups in total. The van der Waals surface area contributed by atoms with Crippen molar-refractivity contribution in [3.8, 4) is 5.75 Å². The number of pyridine rings is 1. The van der Waals surface area contributed by atoms with E-state index in [1.807, 2.05) is 36.1 Å². The Labute approximate surface area is 162 Å². The maximum absolute atomic E-state index is 12.9. The number of ketones is 1.